The normalized spacial score (nSPS) is 17.2. The molecule has 9 nitrogen and oxygen atoms in total. The number of hydrogen-bond donors (Lipinski definition) is 3. The van der Waals surface area contributed by atoms with E-state index in [1.807, 2.05) is 22.8 Å². The summed E-state index contributed by atoms with van der Waals surface area (Å²) in [5.74, 6) is -0.116. The van der Waals surface area contributed by atoms with Crippen molar-refractivity contribution in [3.8, 4) is 0 Å². The molecule has 2 aromatic rings. The van der Waals surface area contributed by atoms with Crippen LogP contribution in [0.3, 0.4) is 0 Å². The number of carbonyl (C=O) groups excluding carboxylic acids is 3. The lowest BCUT2D eigenvalue weighted by Crippen LogP contribution is -2.48. The van der Waals surface area contributed by atoms with Gasteiger partial charge in [-0.05, 0) is 18.4 Å². The molecule has 1 aromatic carbocycles. The molecule has 0 saturated carbocycles. The van der Waals surface area contributed by atoms with Crippen molar-refractivity contribution >= 4 is 17.8 Å². The van der Waals surface area contributed by atoms with E-state index in [1.165, 1.54) is 5.56 Å². The summed E-state index contributed by atoms with van der Waals surface area (Å²) in [5, 5.41) is 15.3. The highest BCUT2D eigenvalue weighted by atomic mass is 16.2. The molecule has 4 amide bonds. The fourth-order valence-electron chi connectivity index (χ4n) is 2.71. The molecule has 136 valence electrons. The molecule has 1 aliphatic heterocycles. The zero-order valence-electron chi connectivity index (χ0n) is 14.1. The first kappa shape index (κ1) is 17.6. The number of carbonyl (C=O) groups is 3. The summed E-state index contributed by atoms with van der Waals surface area (Å²) in [6.45, 7) is 0.891. The van der Waals surface area contributed by atoms with Crippen LogP contribution in [0.2, 0.25) is 0 Å². The maximum atomic E-state index is 12.3. The van der Waals surface area contributed by atoms with Gasteiger partial charge in [0.2, 0.25) is 11.8 Å². The first-order chi connectivity index (χ1) is 12.6. The Labute approximate surface area is 150 Å². The molecular weight excluding hydrogens is 336 g/mol. The van der Waals surface area contributed by atoms with Crippen molar-refractivity contribution in [2.75, 3.05) is 0 Å². The zero-order chi connectivity index (χ0) is 18.4. The number of rotatable bonds is 6. The molecule has 1 aromatic heterocycles. The van der Waals surface area contributed by atoms with Crippen LogP contribution in [0.1, 0.15) is 24.2 Å². The largest absolute Gasteiger partial charge is 0.347 e. The molecule has 26 heavy (non-hydrogen) atoms. The third-order valence-electron chi connectivity index (χ3n) is 4.14. The highest BCUT2D eigenvalue weighted by Gasteiger charge is 2.26. The van der Waals surface area contributed by atoms with Crippen LogP contribution in [-0.4, -0.2) is 38.7 Å². The number of urea groups is 1. The Morgan fingerprint density at radius 2 is 2.08 bits per heavy atom. The molecule has 3 rings (SSSR count). The minimum absolute atomic E-state index is 0.115. The third-order valence-corrected chi connectivity index (χ3v) is 4.14. The Hall–Kier alpha value is -3.23. The summed E-state index contributed by atoms with van der Waals surface area (Å²) in [4.78, 5) is 35.0. The molecule has 0 bridgehead atoms. The van der Waals surface area contributed by atoms with Crippen molar-refractivity contribution in [2.24, 2.45) is 0 Å². The number of amides is 4. The van der Waals surface area contributed by atoms with Crippen molar-refractivity contribution in [1.29, 1.82) is 0 Å². The number of benzene rings is 1. The van der Waals surface area contributed by atoms with Gasteiger partial charge in [0.1, 0.15) is 12.4 Å². The Bertz CT molecular complexity index is 789. The van der Waals surface area contributed by atoms with E-state index in [2.05, 4.69) is 38.3 Å². The van der Waals surface area contributed by atoms with Crippen LogP contribution < -0.4 is 16.0 Å². The number of hydrogen-bond acceptors (Lipinski definition) is 5. The van der Waals surface area contributed by atoms with E-state index in [0.29, 0.717) is 12.4 Å². The lowest BCUT2D eigenvalue weighted by molar-refractivity contribution is -0.123. The van der Waals surface area contributed by atoms with Crippen LogP contribution >= 0.6 is 0 Å². The van der Waals surface area contributed by atoms with Crippen LogP contribution in [-0.2, 0) is 29.1 Å². The molecule has 2 heterocycles. The van der Waals surface area contributed by atoms with Gasteiger partial charge >= 0.3 is 6.03 Å². The van der Waals surface area contributed by atoms with Gasteiger partial charge in [-0.15, -0.1) is 10.2 Å². The van der Waals surface area contributed by atoms with Gasteiger partial charge in [0.05, 0.1) is 6.54 Å². The second kappa shape index (κ2) is 8.24. The predicted octanol–water partition coefficient (Wildman–Crippen LogP) is 0.125. The fraction of sp³-hybridized carbons (Fsp3) is 0.353. The monoisotopic (exact) mass is 356 g/mol. The van der Waals surface area contributed by atoms with Gasteiger partial charge in [-0.2, -0.15) is 0 Å². The number of imide groups is 1. The molecule has 1 aliphatic rings. The minimum Gasteiger partial charge on any atom is -0.347 e. The van der Waals surface area contributed by atoms with E-state index < -0.39 is 18.0 Å². The second-order valence-corrected chi connectivity index (χ2v) is 6.01. The van der Waals surface area contributed by atoms with Crippen LogP contribution in [0.15, 0.2) is 36.7 Å². The van der Waals surface area contributed by atoms with Gasteiger partial charge < -0.3 is 15.2 Å². The minimum atomic E-state index is -0.748. The number of nitrogens with zero attached hydrogens (tertiary/aromatic N) is 3. The van der Waals surface area contributed by atoms with Crippen LogP contribution in [0, 0.1) is 0 Å². The summed E-state index contributed by atoms with van der Waals surface area (Å²) in [6, 6.07) is 8.65. The van der Waals surface area contributed by atoms with Gasteiger partial charge in [-0.25, -0.2) is 4.79 Å². The number of nitrogens with one attached hydrogen (secondary N) is 3. The predicted molar refractivity (Wildman–Crippen MR) is 91.7 cm³/mol. The van der Waals surface area contributed by atoms with E-state index in [0.717, 1.165) is 6.42 Å². The van der Waals surface area contributed by atoms with E-state index in [1.54, 1.807) is 6.33 Å². The SMILES string of the molecule is O=C1CC[C@H](C(=O)NCc2nncn2CCc2ccccc2)NC(=O)N1. The Kier molecular flexibility index (Phi) is 5.57. The molecule has 1 atom stereocenters. The van der Waals surface area contributed by atoms with Crippen LogP contribution in [0.25, 0.3) is 0 Å². The van der Waals surface area contributed by atoms with Crippen LogP contribution in [0.4, 0.5) is 4.79 Å². The maximum absolute atomic E-state index is 12.3. The summed E-state index contributed by atoms with van der Waals surface area (Å²) >= 11 is 0. The molecule has 9 heteroatoms. The first-order valence-electron chi connectivity index (χ1n) is 8.40. The average molecular weight is 356 g/mol. The van der Waals surface area contributed by atoms with Crippen molar-refractivity contribution in [3.63, 3.8) is 0 Å². The molecule has 0 radical (unpaired) electrons. The van der Waals surface area contributed by atoms with Gasteiger partial charge in [0.25, 0.3) is 0 Å². The van der Waals surface area contributed by atoms with Gasteiger partial charge in [-0.1, -0.05) is 30.3 Å². The molecule has 1 fully saturated rings. The van der Waals surface area contributed by atoms with E-state index in [4.69, 9.17) is 0 Å². The maximum Gasteiger partial charge on any atom is 0.322 e. The van der Waals surface area contributed by atoms with Crippen molar-refractivity contribution in [3.05, 3.63) is 48.0 Å². The van der Waals surface area contributed by atoms with Gasteiger partial charge in [-0.3, -0.25) is 14.9 Å². The van der Waals surface area contributed by atoms with E-state index in [-0.39, 0.29) is 25.3 Å². The van der Waals surface area contributed by atoms with E-state index in [9.17, 15) is 14.4 Å². The lowest BCUT2D eigenvalue weighted by atomic mass is 10.1. The van der Waals surface area contributed by atoms with Crippen molar-refractivity contribution in [2.45, 2.75) is 38.4 Å². The van der Waals surface area contributed by atoms with Gasteiger partial charge in [0, 0.05) is 13.0 Å². The zero-order valence-corrected chi connectivity index (χ0v) is 14.1. The molecule has 0 aliphatic carbocycles. The van der Waals surface area contributed by atoms with Crippen molar-refractivity contribution in [1.82, 2.24) is 30.7 Å². The Morgan fingerprint density at radius 1 is 1.27 bits per heavy atom. The van der Waals surface area contributed by atoms with Crippen molar-refractivity contribution < 1.29 is 14.4 Å². The highest BCUT2D eigenvalue weighted by molar-refractivity contribution is 5.98. The lowest BCUT2D eigenvalue weighted by Gasteiger charge is -2.15. The fourth-order valence-corrected chi connectivity index (χ4v) is 2.71. The molecule has 0 unspecified atom stereocenters. The van der Waals surface area contributed by atoms with Gasteiger partial charge in [0.15, 0.2) is 5.82 Å². The summed E-state index contributed by atoms with van der Waals surface area (Å²) in [7, 11) is 0. The quantitative estimate of drug-likeness (QED) is 0.680. The Morgan fingerprint density at radius 3 is 2.88 bits per heavy atom. The highest BCUT2D eigenvalue weighted by Crippen LogP contribution is 2.05. The number of aryl methyl sites for hydroxylation is 2. The summed E-state index contributed by atoms with van der Waals surface area (Å²) in [6.07, 6.45) is 2.82. The molecule has 1 saturated heterocycles. The molecular formula is C17H20N6O3. The number of aromatic nitrogens is 3. The third kappa shape index (κ3) is 4.65. The van der Waals surface area contributed by atoms with Crippen LogP contribution in [0.5, 0.6) is 0 Å². The summed E-state index contributed by atoms with van der Waals surface area (Å²) in [5.41, 5.74) is 1.20. The topological polar surface area (TPSA) is 118 Å². The van der Waals surface area contributed by atoms with E-state index >= 15 is 0 Å². The first-order valence-corrected chi connectivity index (χ1v) is 8.40. The Balaban J connectivity index is 1.53. The molecule has 0 spiro atoms. The smallest absolute Gasteiger partial charge is 0.322 e. The summed E-state index contributed by atoms with van der Waals surface area (Å²) < 4.78 is 1.88. The second-order valence-electron chi connectivity index (χ2n) is 6.01. The average Bonchev–Trinajstić information content (AvgIpc) is 3.01. The molecule has 3 N–H and O–H groups in total. The standard InChI is InChI=1S/C17H20N6O3/c24-15-7-6-13(20-17(26)21-15)16(25)18-10-14-22-19-11-23(14)9-8-12-4-2-1-3-5-12/h1-5,11,13H,6-10H2,(H,18,25)(H2,20,21,24,26)/t13-/m1/s1.